The highest BCUT2D eigenvalue weighted by Gasteiger charge is 2.38. The van der Waals surface area contributed by atoms with Gasteiger partial charge in [-0.05, 0) is 73.7 Å². The fourth-order valence-corrected chi connectivity index (χ4v) is 4.06. The molecule has 2 aromatic rings. The SMILES string of the molecule is O=C(c1ccc(Oc2ccc(Cl)cc2)c(F)c1)N1CCC2(CCNC2)CC1. The minimum atomic E-state index is -0.552. The van der Waals surface area contributed by atoms with Gasteiger partial charge < -0.3 is 15.0 Å². The summed E-state index contributed by atoms with van der Waals surface area (Å²) >= 11 is 5.84. The van der Waals surface area contributed by atoms with Crippen LogP contribution in [0.2, 0.25) is 5.02 Å². The van der Waals surface area contributed by atoms with Gasteiger partial charge in [0, 0.05) is 30.2 Å². The van der Waals surface area contributed by atoms with E-state index in [1.807, 2.05) is 4.90 Å². The van der Waals surface area contributed by atoms with Gasteiger partial charge in [0.2, 0.25) is 0 Å². The topological polar surface area (TPSA) is 41.6 Å². The van der Waals surface area contributed by atoms with E-state index < -0.39 is 5.82 Å². The zero-order chi connectivity index (χ0) is 18.9. The van der Waals surface area contributed by atoms with Gasteiger partial charge >= 0.3 is 0 Å². The van der Waals surface area contributed by atoms with Gasteiger partial charge in [-0.25, -0.2) is 4.39 Å². The Balaban J connectivity index is 1.42. The first-order valence-electron chi connectivity index (χ1n) is 9.28. The average molecular weight is 389 g/mol. The molecule has 4 nitrogen and oxygen atoms in total. The van der Waals surface area contributed by atoms with Crippen LogP contribution >= 0.6 is 11.6 Å². The lowest BCUT2D eigenvalue weighted by Gasteiger charge is -2.38. The van der Waals surface area contributed by atoms with Crippen molar-refractivity contribution < 1.29 is 13.9 Å². The van der Waals surface area contributed by atoms with Crippen molar-refractivity contribution in [1.82, 2.24) is 10.2 Å². The third kappa shape index (κ3) is 3.94. The number of halogens is 2. The van der Waals surface area contributed by atoms with Gasteiger partial charge in [-0.15, -0.1) is 0 Å². The summed E-state index contributed by atoms with van der Waals surface area (Å²) in [6, 6.07) is 11.1. The second-order valence-electron chi connectivity index (χ2n) is 7.42. The highest BCUT2D eigenvalue weighted by Crippen LogP contribution is 2.37. The largest absolute Gasteiger partial charge is 0.454 e. The fourth-order valence-electron chi connectivity index (χ4n) is 3.94. The number of piperidine rings is 1. The first-order valence-corrected chi connectivity index (χ1v) is 9.66. The van der Waals surface area contributed by atoms with E-state index in [2.05, 4.69) is 5.32 Å². The van der Waals surface area contributed by atoms with Crippen molar-refractivity contribution in [2.24, 2.45) is 5.41 Å². The maximum Gasteiger partial charge on any atom is 0.253 e. The van der Waals surface area contributed by atoms with Crippen molar-refractivity contribution in [2.45, 2.75) is 19.3 Å². The van der Waals surface area contributed by atoms with Crippen LogP contribution in [-0.2, 0) is 0 Å². The van der Waals surface area contributed by atoms with Gasteiger partial charge in [-0.2, -0.15) is 0 Å². The van der Waals surface area contributed by atoms with E-state index in [9.17, 15) is 9.18 Å². The molecule has 0 aliphatic carbocycles. The molecule has 6 heteroatoms. The zero-order valence-corrected chi connectivity index (χ0v) is 15.8. The number of ether oxygens (including phenoxy) is 1. The van der Waals surface area contributed by atoms with E-state index in [1.54, 1.807) is 30.3 Å². The highest BCUT2D eigenvalue weighted by atomic mass is 35.5. The van der Waals surface area contributed by atoms with Gasteiger partial charge in [-0.1, -0.05) is 11.6 Å². The van der Waals surface area contributed by atoms with Crippen molar-refractivity contribution in [3.05, 3.63) is 58.9 Å². The standard InChI is InChI=1S/C21H22ClFN2O2/c22-16-2-4-17(5-3-16)27-19-6-1-15(13-18(19)23)20(26)25-11-8-21(9-12-25)7-10-24-14-21/h1-6,13,24H,7-12,14H2. The maximum atomic E-state index is 14.5. The summed E-state index contributed by atoms with van der Waals surface area (Å²) in [7, 11) is 0. The van der Waals surface area contributed by atoms with Crippen molar-refractivity contribution in [3.63, 3.8) is 0 Å². The van der Waals surface area contributed by atoms with Gasteiger partial charge in [0.05, 0.1) is 0 Å². The Labute approximate surface area is 163 Å². The third-order valence-electron chi connectivity index (χ3n) is 5.66. The molecule has 0 aromatic heterocycles. The molecule has 2 aliphatic heterocycles. The normalized spacial score (nSPS) is 18.7. The van der Waals surface area contributed by atoms with Crippen molar-refractivity contribution in [1.29, 1.82) is 0 Å². The van der Waals surface area contributed by atoms with Crippen molar-refractivity contribution >= 4 is 17.5 Å². The number of likely N-dealkylation sites (tertiary alicyclic amines) is 1. The molecule has 0 unspecified atom stereocenters. The van der Waals surface area contributed by atoms with Crippen LogP contribution in [0.5, 0.6) is 11.5 Å². The molecule has 2 saturated heterocycles. The summed E-state index contributed by atoms with van der Waals surface area (Å²) in [5.41, 5.74) is 0.703. The van der Waals surface area contributed by atoms with E-state index in [4.69, 9.17) is 16.3 Å². The number of nitrogens with zero attached hydrogens (tertiary/aromatic N) is 1. The number of carbonyl (C=O) groups excluding carboxylic acids is 1. The molecule has 27 heavy (non-hydrogen) atoms. The molecule has 4 rings (SSSR count). The predicted octanol–water partition coefficient (Wildman–Crippen LogP) is 4.49. The monoisotopic (exact) mass is 388 g/mol. The van der Waals surface area contributed by atoms with E-state index in [1.165, 1.54) is 18.6 Å². The number of nitrogens with one attached hydrogen (secondary N) is 1. The summed E-state index contributed by atoms with van der Waals surface area (Å²) in [6.45, 7) is 3.56. The quantitative estimate of drug-likeness (QED) is 0.842. The van der Waals surface area contributed by atoms with Gasteiger partial charge in [0.25, 0.3) is 5.91 Å². The lowest BCUT2D eigenvalue weighted by Crippen LogP contribution is -2.44. The Morgan fingerprint density at radius 1 is 1.11 bits per heavy atom. The molecule has 142 valence electrons. The van der Waals surface area contributed by atoms with E-state index in [-0.39, 0.29) is 11.7 Å². The van der Waals surface area contributed by atoms with Crippen LogP contribution in [0.4, 0.5) is 4.39 Å². The van der Waals surface area contributed by atoms with Crippen LogP contribution < -0.4 is 10.1 Å². The number of carbonyl (C=O) groups is 1. The van der Waals surface area contributed by atoms with E-state index in [0.29, 0.717) is 21.8 Å². The third-order valence-corrected chi connectivity index (χ3v) is 5.92. The summed E-state index contributed by atoms with van der Waals surface area (Å²) in [5.74, 6) is -0.0931. The molecule has 2 heterocycles. The number of hydrogen-bond acceptors (Lipinski definition) is 3. The summed E-state index contributed by atoms with van der Waals surface area (Å²) in [4.78, 5) is 14.6. The van der Waals surface area contributed by atoms with Crippen LogP contribution in [-0.4, -0.2) is 37.0 Å². The highest BCUT2D eigenvalue weighted by molar-refractivity contribution is 6.30. The minimum Gasteiger partial charge on any atom is -0.454 e. The molecule has 0 radical (unpaired) electrons. The Bertz CT molecular complexity index is 825. The van der Waals surface area contributed by atoms with E-state index in [0.717, 1.165) is 39.0 Å². The summed E-state index contributed by atoms with van der Waals surface area (Å²) in [5, 5.41) is 4.00. The smallest absolute Gasteiger partial charge is 0.253 e. The first kappa shape index (κ1) is 18.3. The Hall–Kier alpha value is -2.11. The molecule has 0 atom stereocenters. The van der Waals surface area contributed by atoms with E-state index >= 15 is 0 Å². The van der Waals surface area contributed by atoms with Crippen LogP contribution in [0.1, 0.15) is 29.6 Å². The van der Waals surface area contributed by atoms with Crippen molar-refractivity contribution in [3.8, 4) is 11.5 Å². The second-order valence-corrected chi connectivity index (χ2v) is 7.86. The molecule has 2 aromatic carbocycles. The molecular weight excluding hydrogens is 367 g/mol. The number of rotatable bonds is 3. The molecular formula is C21H22ClFN2O2. The Kier molecular flexibility index (Phi) is 5.06. The predicted molar refractivity (Wildman–Crippen MR) is 103 cm³/mol. The van der Waals surface area contributed by atoms with Crippen LogP contribution in [0, 0.1) is 11.2 Å². The van der Waals surface area contributed by atoms with Crippen molar-refractivity contribution in [2.75, 3.05) is 26.2 Å². The van der Waals surface area contributed by atoms with Crippen LogP contribution in [0.15, 0.2) is 42.5 Å². The maximum absolute atomic E-state index is 14.5. The molecule has 2 aliphatic rings. The Morgan fingerprint density at radius 3 is 2.48 bits per heavy atom. The molecule has 0 bridgehead atoms. The molecule has 1 spiro atoms. The summed E-state index contributed by atoms with van der Waals surface area (Å²) < 4.78 is 20.0. The van der Waals surface area contributed by atoms with Gasteiger partial charge in [0.15, 0.2) is 11.6 Å². The molecule has 0 saturated carbocycles. The molecule has 2 fully saturated rings. The number of amides is 1. The van der Waals surface area contributed by atoms with Crippen LogP contribution in [0.25, 0.3) is 0 Å². The minimum absolute atomic E-state index is 0.0866. The number of hydrogen-bond donors (Lipinski definition) is 1. The molecule has 1 N–H and O–H groups in total. The lowest BCUT2D eigenvalue weighted by atomic mass is 9.78. The average Bonchev–Trinajstić information content (AvgIpc) is 3.13. The second kappa shape index (κ2) is 7.49. The van der Waals surface area contributed by atoms with Gasteiger partial charge in [0.1, 0.15) is 5.75 Å². The lowest BCUT2D eigenvalue weighted by molar-refractivity contribution is 0.0607. The fraction of sp³-hybridized carbons (Fsp3) is 0.381. The zero-order valence-electron chi connectivity index (χ0n) is 15.0. The van der Waals surface area contributed by atoms with Crippen LogP contribution in [0.3, 0.4) is 0 Å². The molecule has 1 amide bonds. The number of benzene rings is 2. The Morgan fingerprint density at radius 2 is 1.85 bits per heavy atom. The summed E-state index contributed by atoms with van der Waals surface area (Å²) in [6.07, 6.45) is 3.19. The van der Waals surface area contributed by atoms with Gasteiger partial charge in [-0.3, -0.25) is 4.79 Å². The first-order chi connectivity index (χ1) is 13.0.